The van der Waals surface area contributed by atoms with Gasteiger partial charge >= 0.3 is 11.9 Å². The summed E-state index contributed by atoms with van der Waals surface area (Å²) in [5.74, 6) is -0.246. The molecule has 7 nitrogen and oxygen atoms in total. The first-order chi connectivity index (χ1) is 13.7. The number of hydrogen-bond acceptors (Lipinski definition) is 4. The van der Waals surface area contributed by atoms with Crippen LogP contribution in [0.1, 0.15) is 17.5 Å². The molecule has 0 fully saturated rings. The van der Waals surface area contributed by atoms with E-state index >= 15 is 0 Å². The number of alkyl halides is 3. The molecule has 0 bridgehead atoms. The van der Waals surface area contributed by atoms with Crippen molar-refractivity contribution in [2.45, 2.75) is 25.6 Å². The van der Waals surface area contributed by atoms with Gasteiger partial charge in [-0.15, -0.1) is 0 Å². The Morgan fingerprint density at radius 3 is 2.66 bits per heavy atom. The molecule has 0 saturated carbocycles. The molecule has 2 N–H and O–H groups in total. The standard InChI is InChI=1S/C18H16ClF3N4O3/c19-13-9-11(1-2-12(13)18(20,21)22)5-7-25-10-23-14-3-4-15(26(14)17(25)29)24-16(28)6-8-27/h1-4,9-10,27H,5-8H2,(H,24,28). The molecule has 0 unspecified atom stereocenters. The van der Waals surface area contributed by atoms with Gasteiger partial charge in [-0.05, 0) is 36.2 Å². The summed E-state index contributed by atoms with van der Waals surface area (Å²) in [5.41, 5.74) is -0.543. The van der Waals surface area contributed by atoms with Crippen LogP contribution in [-0.2, 0) is 23.9 Å². The second-order valence-corrected chi connectivity index (χ2v) is 6.62. The molecule has 3 aromatic rings. The first-order valence-electron chi connectivity index (χ1n) is 8.54. The van der Waals surface area contributed by atoms with E-state index in [1.54, 1.807) is 6.07 Å². The minimum absolute atomic E-state index is 0.115. The normalized spacial score (nSPS) is 11.8. The number of carbonyl (C=O) groups excluding carboxylic acids is 1. The van der Waals surface area contributed by atoms with Gasteiger partial charge in [-0.3, -0.25) is 9.36 Å². The Morgan fingerprint density at radius 1 is 1.24 bits per heavy atom. The molecule has 154 valence electrons. The van der Waals surface area contributed by atoms with Crippen LogP contribution in [0.25, 0.3) is 5.65 Å². The van der Waals surface area contributed by atoms with Crippen LogP contribution < -0.4 is 11.0 Å². The van der Waals surface area contributed by atoms with Gasteiger partial charge in [0.15, 0.2) is 0 Å². The van der Waals surface area contributed by atoms with E-state index in [2.05, 4.69) is 10.3 Å². The molecule has 0 radical (unpaired) electrons. The molecule has 2 heterocycles. The van der Waals surface area contributed by atoms with Gasteiger partial charge in [0.05, 0.1) is 23.6 Å². The van der Waals surface area contributed by atoms with E-state index in [0.717, 1.165) is 6.07 Å². The predicted molar refractivity (Wildman–Crippen MR) is 99.9 cm³/mol. The van der Waals surface area contributed by atoms with Gasteiger partial charge in [-0.2, -0.15) is 13.2 Å². The Kier molecular flexibility index (Phi) is 5.94. The summed E-state index contributed by atoms with van der Waals surface area (Å²) in [6, 6.07) is 6.50. The summed E-state index contributed by atoms with van der Waals surface area (Å²) >= 11 is 5.72. The molecule has 0 atom stereocenters. The highest BCUT2D eigenvalue weighted by Crippen LogP contribution is 2.35. The SMILES string of the molecule is O=C(CCO)Nc1ccc2ncn(CCc3ccc(C(F)(F)F)c(Cl)c3)c(=O)n12. The van der Waals surface area contributed by atoms with Crippen LogP contribution in [0.5, 0.6) is 0 Å². The number of fused-ring (bicyclic) bond motifs is 1. The molecule has 1 aromatic carbocycles. The fourth-order valence-electron chi connectivity index (χ4n) is 2.79. The van der Waals surface area contributed by atoms with Crippen LogP contribution in [0.15, 0.2) is 41.5 Å². The maximum atomic E-state index is 12.8. The minimum atomic E-state index is -4.53. The molecule has 11 heteroatoms. The van der Waals surface area contributed by atoms with E-state index in [1.807, 2.05) is 0 Å². The van der Waals surface area contributed by atoms with Crippen LogP contribution in [0, 0.1) is 0 Å². The Hall–Kier alpha value is -2.85. The first-order valence-corrected chi connectivity index (χ1v) is 8.91. The molecule has 29 heavy (non-hydrogen) atoms. The smallest absolute Gasteiger partial charge is 0.396 e. The third-order valence-electron chi connectivity index (χ3n) is 4.21. The van der Waals surface area contributed by atoms with E-state index in [0.29, 0.717) is 11.2 Å². The molecular weight excluding hydrogens is 413 g/mol. The number of aliphatic hydroxyl groups is 1. The maximum Gasteiger partial charge on any atom is 0.417 e. The Labute approximate surface area is 167 Å². The van der Waals surface area contributed by atoms with Crippen LogP contribution >= 0.6 is 11.6 Å². The lowest BCUT2D eigenvalue weighted by Gasteiger charge is -2.11. The second-order valence-electron chi connectivity index (χ2n) is 6.22. The number of amides is 1. The van der Waals surface area contributed by atoms with Crippen LogP contribution in [0.4, 0.5) is 19.0 Å². The third kappa shape index (κ3) is 4.60. The second kappa shape index (κ2) is 8.26. The fraction of sp³-hybridized carbons (Fsp3) is 0.278. The highest BCUT2D eigenvalue weighted by Gasteiger charge is 2.32. The number of nitrogens with zero attached hydrogens (tertiary/aromatic N) is 3. The number of aliphatic hydroxyl groups excluding tert-OH is 1. The van der Waals surface area contributed by atoms with Crippen molar-refractivity contribution in [1.82, 2.24) is 14.0 Å². The van der Waals surface area contributed by atoms with Gasteiger partial charge in [-0.25, -0.2) is 14.2 Å². The largest absolute Gasteiger partial charge is 0.417 e. The van der Waals surface area contributed by atoms with Crippen LogP contribution in [0.2, 0.25) is 5.02 Å². The number of anilines is 1. The number of nitrogens with one attached hydrogen (secondary N) is 1. The zero-order valence-corrected chi connectivity index (χ0v) is 15.7. The lowest BCUT2D eigenvalue weighted by Crippen LogP contribution is -2.29. The first kappa shape index (κ1) is 20.9. The Balaban J connectivity index is 1.82. The van der Waals surface area contributed by atoms with Crippen LogP contribution in [-0.4, -0.2) is 31.6 Å². The molecule has 1 amide bonds. The molecule has 0 aliphatic rings. The number of aryl methyl sites for hydroxylation is 2. The van der Waals surface area contributed by atoms with Gasteiger partial charge < -0.3 is 10.4 Å². The molecule has 0 spiro atoms. The number of halogens is 4. The number of carbonyl (C=O) groups is 1. The van der Waals surface area contributed by atoms with Crippen molar-refractivity contribution >= 4 is 29.0 Å². The van der Waals surface area contributed by atoms with Crippen LogP contribution in [0.3, 0.4) is 0 Å². The number of hydrogen-bond donors (Lipinski definition) is 2. The van der Waals surface area contributed by atoms with E-state index in [4.69, 9.17) is 16.7 Å². The van der Waals surface area contributed by atoms with Crippen molar-refractivity contribution in [1.29, 1.82) is 0 Å². The van der Waals surface area contributed by atoms with Gasteiger partial charge in [0.1, 0.15) is 17.8 Å². The summed E-state index contributed by atoms with van der Waals surface area (Å²) in [7, 11) is 0. The average Bonchev–Trinajstić information content (AvgIpc) is 3.04. The fourth-order valence-corrected chi connectivity index (χ4v) is 3.10. The monoisotopic (exact) mass is 428 g/mol. The summed E-state index contributed by atoms with van der Waals surface area (Å²) in [4.78, 5) is 28.6. The minimum Gasteiger partial charge on any atom is -0.396 e. The van der Waals surface area contributed by atoms with Crippen molar-refractivity contribution in [3.8, 4) is 0 Å². The van der Waals surface area contributed by atoms with Crippen molar-refractivity contribution < 1.29 is 23.1 Å². The molecule has 0 aliphatic heterocycles. The molecule has 0 aliphatic carbocycles. The quantitative estimate of drug-likeness (QED) is 0.632. The molecule has 2 aromatic heterocycles. The van der Waals surface area contributed by atoms with Gasteiger partial charge in [0, 0.05) is 6.54 Å². The molecular formula is C18H16ClF3N4O3. The summed E-state index contributed by atoms with van der Waals surface area (Å²) in [5, 5.41) is 10.9. The van der Waals surface area contributed by atoms with Crippen molar-refractivity contribution in [3.63, 3.8) is 0 Å². The lowest BCUT2D eigenvalue weighted by atomic mass is 10.1. The zero-order chi connectivity index (χ0) is 21.2. The van der Waals surface area contributed by atoms with Gasteiger partial charge in [0.2, 0.25) is 5.91 Å². The maximum absolute atomic E-state index is 12.8. The summed E-state index contributed by atoms with van der Waals surface area (Å²) in [6.07, 6.45) is -3.08. The van der Waals surface area contributed by atoms with E-state index in [1.165, 1.54) is 33.5 Å². The topological polar surface area (TPSA) is 88.6 Å². The summed E-state index contributed by atoms with van der Waals surface area (Å²) in [6.45, 7) is -0.182. The number of benzene rings is 1. The Bertz CT molecular complexity index is 1110. The number of rotatable bonds is 6. The summed E-state index contributed by atoms with van der Waals surface area (Å²) < 4.78 is 40.9. The average molecular weight is 429 g/mol. The molecule has 0 saturated heterocycles. The van der Waals surface area contributed by atoms with E-state index in [9.17, 15) is 22.8 Å². The zero-order valence-electron chi connectivity index (χ0n) is 14.9. The molecule has 3 rings (SSSR count). The van der Waals surface area contributed by atoms with E-state index < -0.39 is 28.4 Å². The van der Waals surface area contributed by atoms with Crippen molar-refractivity contribution in [2.75, 3.05) is 11.9 Å². The van der Waals surface area contributed by atoms with Crippen molar-refractivity contribution in [3.05, 3.63) is 63.3 Å². The third-order valence-corrected chi connectivity index (χ3v) is 4.53. The van der Waals surface area contributed by atoms with Gasteiger partial charge in [0.25, 0.3) is 0 Å². The lowest BCUT2D eigenvalue weighted by molar-refractivity contribution is -0.137. The van der Waals surface area contributed by atoms with Crippen molar-refractivity contribution in [2.24, 2.45) is 0 Å². The Morgan fingerprint density at radius 2 is 2.00 bits per heavy atom. The predicted octanol–water partition coefficient (Wildman–Crippen LogP) is 2.73. The highest BCUT2D eigenvalue weighted by atomic mass is 35.5. The van der Waals surface area contributed by atoms with E-state index in [-0.39, 0.29) is 31.8 Å². The highest BCUT2D eigenvalue weighted by molar-refractivity contribution is 6.31. The number of aromatic nitrogens is 3. The van der Waals surface area contributed by atoms with Gasteiger partial charge in [-0.1, -0.05) is 17.7 Å².